The van der Waals surface area contributed by atoms with Gasteiger partial charge in [-0.15, -0.1) is 0 Å². The van der Waals surface area contributed by atoms with E-state index in [4.69, 9.17) is 4.74 Å². The van der Waals surface area contributed by atoms with E-state index in [1.54, 1.807) is 18.8 Å². The van der Waals surface area contributed by atoms with Crippen molar-refractivity contribution in [2.24, 2.45) is 0 Å². The quantitative estimate of drug-likeness (QED) is 0.454. The zero-order chi connectivity index (χ0) is 26.2. The number of para-hydroxylation sites is 1. The summed E-state index contributed by atoms with van der Waals surface area (Å²) in [5.74, 6) is -1.60. The first-order valence-electron chi connectivity index (χ1n) is 12.0. The van der Waals surface area contributed by atoms with Crippen molar-refractivity contribution in [1.29, 1.82) is 0 Å². The number of nitrogens with zero attached hydrogens (tertiary/aromatic N) is 3. The first-order valence-corrected chi connectivity index (χ1v) is 12.0. The average molecular weight is 511 g/mol. The largest absolute Gasteiger partial charge is 0.385 e. The molecular formula is C26H28F2N6O3. The predicted octanol–water partition coefficient (Wildman–Crippen LogP) is 3.02. The van der Waals surface area contributed by atoms with E-state index in [2.05, 4.69) is 21.0 Å². The lowest BCUT2D eigenvalue weighted by Gasteiger charge is -2.36. The van der Waals surface area contributed by atoms with Gasteiger partial charge in [-0.05, 0) is 36.2 Å². The van der Waals surface area contributed by atoms with E-state index in [-0.39, 0.29) is 11.6 Å². The van der Waals surface area contributed by atoms with Gasteiger partial charge in [-0.3, -0.25) is 10.1 Å². The fourth-order valence-electron chi connectivity index (χ4n) is 5.22. The molecule has 5 rings (SSSR count). The third kappa shape index (κ3) is 4.67. The molecule has 1 aromatic heterocycles. The number of amides is 3. The van der Waals surface area contributed by atoms with Gasteiger partial charge in [-0.1, -0.05) is 18.2 Å². The molecule has 0 unspecified atom stereocenters. The summed E-state index contributed by atoms with van der Waals surface area (Å²) < 4.78 is 35.0. The first-order chi connectivity index (χ1) is 17.8. The number of carbonyl (C=O) groups excluding carboxylic acids is 2. The molecule has 0 saturated carbocycles. The Morgan fingerprint density at radius 2 is 1.95 bits per heavy atom. The van der Waals surface area contributed by atoms with E-state index in [1.807, 2.05) is 30.3 Å². The number of hydrogen-bond acceptors (Lipinski definition) is 5. The van der Waals surface area contributed by atoms with Crippen LogP contribution >= 0.6 is 0 Å². The van der Waals surface area contributed by atoms with E-state index in [0.29, 0.717) is 55.3 Å². The Hall–Kier alpha value is -3.83. The smallest absolute Gasteiger partial charge is 0.320 e. The van der Waals surface area contributed by atoms with Gasteiger partial charge in [0.2, 0.25) is 0 Å². The van der Waals surface area contributed by atoms with Crippen LogP contribution in [-0.2, 0) is 11.3 Å². The summed E-state index contributed by atoms with van der Waals surface area (Å²) in [7, 11) is 3.23. The molecule has 37 heavy (non-hydrogen) atoms. The van der Waals surface area contributed by atoms with Crippen LogP contribution in [0.15, 0.2) is 48.5 Å². The second-order valence-corrected chi connectivity index (χ2v) is 9.45. The molecule has 2 aliphatic rings. The van der Waals surface area contributed by atoms with Crippen molar-refractivity contribution in [3.05, 3.63) is 77.0 Å². The van der Waals surface area contributed by atoms with Gasteiger partial charge in [0, 0.05) is 51.4 Å². The molecule has 2 atom stereocenters. The van der Waals surface area contributed by atoms with Crippen molar-refractivity contribution in [3.8, 4) is 5.69 Å². The molecule has 2 aliphatic heterocycles. The SMILES string of the molecule is COCC[C@@]1(NC(=O)Nc2c3c(nn2-c2ccccc2)C(=O)N(C)C3)CNC[C@H]1c1cc(F)cc(F)c1. The van der Waals surface area contributed by atoms with Gasteiger partial charge >= 0.3 is 6.03 Å². The van der Waals surface area contributed by atoms with Crippen LogP contribution < -0.4 is 16.0 Å². The highest BCUT2D eigenvalue weighted by molar-refractivity contribution is 6.00. The Morgan fingerprint density at radius 3 is 2.65 bits per heavy atom. The number of benzene rings is 2. The van der Waals surface area contributed by atoms with E-state index in [1.165, 1.54) is 17.0 Å². The van der Waals surface area contributed by atoms with Crippen LogP contribution in [0.3, 0.4) is 0 Å². The Labute approximate surface area is 212 Å². The van der Waals surface area contributed by atoms with Crippen molar-refractivity contribution in [3.63, 3.8) is 0 Å². The van der Waals surface area contributed by atoms with Gasteiger partial charge in [0.05, 0.1) is 17.8 Å². The summed E-state index contributed by atoms with van der Waals surface area (Å²) in [6.07, 6.45) is 0.407. The Balaban J connectivity index is 1.47. The van der Waals surface area contributed by atoms with Crippen molar-refractivity contribution < 1.29 is 23.1 Å². The zero-order valence-electron chi connectivity index (χ0n) is 20.6. The molecule has 0 radical (unpaired) electrons. The molecule has 3 aromatic rings. The van der Waals surface area contributed by atoms with E-state index < -0.39 is 29.1 Å². The van der Waals surface area contributed by atoms with Crippen LogP contribution in [0.25, 0.3) is 5.69 Å². The highest BCUT2D eigenvalue weighted by atomic mass is 19.1. The van der Waals surface area contributed by atoms with E-state index >= 15 is 0 Å². The minimum Gasteiger partial charge on any atom is -0.385 e. The summed E-state index contributed by atoms with van der Waals surface area (Å²) in [4.78, 5) is 27.7. The fourth-order valence-corrected chi connectivity index (χ4v) is 5.22. The lowest BCUT2D eigenvalue weighted by Crippen LogP contribution is -2.55. The topological polar surface area (TPSA) is 101 Å². The van der Waals surface area contributed by atoms with Crippen molar-refractivity contribution >= 4 is 17.8 Å². The Bertz CT molecular complexity index is 1310. The summed E-state index contributed by atoms with van der Waals surface area (Å²) >= 11 is 0. The second kappa shape index (κ2) is 9.91. The molecular weight excluding hydrogens is 482 g/mol. The summed E-state index contributed by atoms with van der Waals surface area (Å²) in [5, 5.41) is 13.7. The predicted molar refractivity (Wildman–Crippen MR) is 133 cm³/mol. The molecule has 11 heteroatoms. The van der Waals surface area contributed by atoms with Gasteiger partial charge in [-0.25, -0.2) is 18.3 Å². The molecule has 3 N–H and O–H groups in total. The average Bonchev–Trinajstić information content (AvgIpc) is 3.52. The number of halogens is 2. The van der Waals surface area contributed by atoms with Crippen LogP contribution in [0.1, 0.15) is 34.0 Å². The van der Waals surface area contributed by atoms with Gasteiger partial charge in [0.1, 0.15) is 17.5 Å². The fraction of sp³-hybridized carbons (Fsp3) is 0.346. The van der Waals surface area contributed by atoms with Crippen LogP contribution in [0.5, 0.6) is 0 Å². The third-order valence-electron chi connectivity index (χ3n) is 7.02. The molecule has 3 heterocycles. The number of nitrogens with one attached hydrogen (secondary N) is 3. The van der Waals surface area contributed by atoms with Crippen molar-refractivity contribution in [2.45, 2.75) is 24.4 Å². The monoisotopic (exact) mass is 510 g/mol. The third-order valence-corrected chi connectivity index (χ3v) is 7.02. The van der Waals surface area contributed by atoms with Crippen LogP contribution in [0.2, 0.25) is 0 Å². The highest BCUT2D eigenvalue weighted by Crippen LogP contribution is 2.36. The van der Waals surface area contributed by atoms with Crippen LogP contribution in [-0.4, -0.2) is 66.0 Å². The number of aromatic nitrogens is 2. The molecule has 0 aliphatic carbocycles. The maximum absolute atomic E-state index is 14.1. The Morgan fingerprint density at radius 1 is 1.22 bits per heavy atom. The van der Waals surface area contributed by atoms with Crippen LogP contribution in [0, 0.1) is 11.6 Å². The van der Waals surface area contributed by atoms with Gasteiger partial charge in [0.25, 0.3) is 5.91 Å². The van der Waals surface area contributed by atoms with E-state index in [9.17, 15) is 18.4 Å². The first kappa shape index (κ1) is 24.8. The molecule has 1 saturated heterocycles. The molecule has 1 fully saturated rings. The van der Waals surface area contributed by atoms with E-state index in [0.717, 1.165) is 6.07 Å². The summed E-state index contributed by atoms with van der Waals surface area (Å²) in [6.45, 7) is 1.43. The number of methoxy groups -OCH3 is 1. The lowest BCUT2D eigenvalue weighted by molar-refractivity contribution is 0.0810. The molecule has 0 spiro atoms. The molecule has 0 bridgehead atoms. The maximum Gasteiger partial charge on any atom is 0.320 e. The molecule has 2 aromatic carbocycles. The summed E-state index contributed by atoms with van der Waals surface area (Å²) in [5.41, 5.74) is 1.15. The van der Waals surface area contributed by atoms with Gasteiger partial charge in [-0.2, -0.15) is 5.10 Å². The minimum absolute atomic E-state index is 0.224. The Kier molecular flexibility index (Phi) is 6.65. The zero-order valence-corrected chi connectivity index (χ0v) is 20.6. The maximum atomic E-state index is 14.1. The number of rotatable bonds is 7. The standard InChI is InChI=1S/C26H28F2N6O3/c1-33-14-20-22(24(33)35)32-34(19-6-4-3-5-7-19)23(20)30-25(36)31-26(8-9-37-2)15-29-13-21(26)16-10-17(27)12-18(28)11-16/h3-7,10-12,21,29H,8-9,13-15H2,1-2H3,(H2,30,31,36)/t21-,26+/m0/s1. The number of urea groups is 1. The summed E-state index contributed by atoms with van der Waals surface area (Å²) in [6, 6.07) is 12.1. The second-order valence-electron chi connectivity index (χ2n) is 9.45. The lowest BCUT2D eigenvalue weighted by atomic mass is 9.79. The molecule has 3 amide bonds. The molecule has 194 valence electrons. The van der Waals surface area contributed by atoms with Gasteiger partial charge in [0.15, 0.2) is 5.69 Å². The normalized spacial score (nSPS) is 20.8. The van der Waals surface area contributed by atoms with Gasteiger partial charge < -0.3 is 20.3 Å². The number of anilines is 1. The van der Waals surface area contributed by atoms with Crippen LogP contribution in [0.4, 0.5) is 19.4 Å². The van der Waals surface area contributed by atoms with Crippen molar-refractivity contribution in [1.82, 2.24) is 25.3 Å². The van der Waals surface area contributed by atoms with Crippen molar-refractivity contribution in [2.75, 3.05) is 39.2 Å². The number of carbonyl (C=O) groups is 2. The number of fused-ring (bicyclic) bond motifs is 1. The highest BCUT2D eigenvalue weighted by Gasteiger charge is 2.45. The minimum atomic E-state index is -0.881. The number of hydrogen-bond donors (Lipinski definition) is 3. The number of ether oxygens (including phenoxy) is 1. The molecule has 9 nitrogen and oxygen atoms in total.